The highest BCUT2D eigenvalue weighted by atomic mass is 16.6. The molecule has 0 N–H and O–H groups in total. The van der Waals surface area contributed by atoms with Crippen LogP contribution in [0.15, 0.2) is 18.2 Å². The zero-order valence-electron chi connectivity index (χ0n) is 20.1. The molecule has 3 aliphatic heterocycles. The molecular formula is C27H42O6. The summed E-state index contributed by atoms with van der Waals surface area (Å²) in [4.78, 5) is 0. The van der Waals surface area contributed by atoms with Gasteiger partial charge in [-0.25, -0.2) is 0 Å². The van der Waals surface area contributed by atoms with Gasteiger partial charge in [-0.2, -0.15) is 0 Å². The molecule has 3 heterocycles. The van der Waals surface area contributed by atoms with Gasteiger partial charge in [0.25, 0.3) is 0 Å². The molecule has 6 heteroatoms. The zero-order valence-corrected chi connectivity index (χ0v) is 20.1. The van der Waals surface area contributed by atoms with Gasteiger partial charge >= 0.3 is 0 Å². The second-order valence-corrected chi connectivity index (χ2v) is 9.52. The van der Waals surface area contributed by atoms with Crippen LogP contribution >= 0.6 is 0 Å². The van der Waals surface area contributed by atoms with Crippen LogP contribution in [0.5, 0.6) is 0 Å². The van der Waals surface area contributed by atoms with Crippen LogP contribution < -0.4 is 0 Å². The van der Waals surface area contributed by atoms with Gasteiger partial charge in [-0.05, 0) is 74.5 Å². The topological polar surface area (TPSA) is 65.3 Å². The monoisotopic (exact) mass is 462 g/mol. The van der Waals surface area contributed by atoms with Crippen molar-refractivity contribution in [2.45, 2.75) is 76.1 Å². The predicted molar refractivity (Wildman–Crippen MR) is 127 cm³/mol. The Labute approximate surface area is 199 Å². The first kappa shape index (κ1) is 25.1. The lowest BCUT2D eigenvalue weighted by atomic mass is 9.91. The van der Waals surface area contributed by atoms with E-state index in [1.807, 2.05) is 0 Å². The molecule has 3 atom stereocenters. The van der Waals surface area contributed by atoms with Gasteiger partial charge in [-0.1, -0.05) is 18.2 Å². The van der Waals surface area contributed by atoms with Gasteiger partial charge in [-0.3, -0.25) is 0 Å². The van der Waals surface area contributed by atoms with Gasteiger partial charge in [0.1, 0.15) is 18.3 Å². The van der Waals surface area contributed by atoms with Gasteiger partial charge in [0, 0.05) is 19.8 Å². The van der Waals surface area contributed by atoms with E-state index in [1.54, 1.807) is 5.56 Å². The summed E-state index contributed by atoms with van der Waals surface area (Å²) < 4.78 is 32.8. The smallest absolute Gasteiger partial charge is 0.104 e. The fourth-order valence-corrected chi connectivity index (χ4v) is 4.16. The lowest BCUT2D eigenvalue weighted by Gasteiger charge is -2.16. The van der Waals surface area contributed by atoms with E-state index in [9.17, 15) is 0 Å². The average Bonchev–Trinajstić information content (AvgIpc) is 3.68. The third-order valence-corrected chi connectivity index (χ3v) is 6.42. The van der Waals surface area contributed by atoms with Crippen LogP contribution in [0.4, 0.5) is 0 Å². The van der Waals surface area contributed by atoms with Crippen LogP contribution in [0, 0.1) is 0 Å². The number of aryl methyl sites for hydroxylation is 2. The van der Waals surface area contributed by atoms with Crippen molar-refractivity contribution in [1.82, 2.24) is 0 Å². The molecule has 1 aromatic rings. The first-order valence-electron chi connectivity index (χ1n) is 13.1. The molecule has 3 unspecified atom stereocenters. The molecule has 4 rings (SSSR count). The van der Waals surface area contributed by atoms with Crippen molar-refractivity contribution in [1.29, 1.82) is 0 Å². The summed E-state index contributed by atoms with van der Waals surface area (Å²) in [5, 5.41) is 0. The number of hydrogen-bond acceptors (Lipinski definition) is 6. The molecule has 33 heavy (non-hydrogen) atoms. The molecule has 0 amide bonds. The summed E-state index contributed by atoms with van der Waals surface area (Å²) in [6, 6.07) is 6.91. The number of ether oxygens (including phenoxy) is 6. The third kappa shape index (κ3) is 10.8. The van der Waals surface area contributed by atoms with E-state index in [-0.39, 0.29) is 0 Å². The molecule has 3 fully saturated rings. The maximum atomic E-state index is 5.73. The zero-order chi connectivity index (χ0) is 22.6. The van der Waals surface area contributed by atoms with Gasteiger partial charge < -0.3 is 28.4 Å². The largest absolute Gasteiger partial charge is 0.379 e. The van der Waals surface area contributed by atoms with Crippen LogP contribution in [-0.2, 0) is 47.7 Å². The first-order valence-corrected chi connectivity index (χ1v) is 13.1. The van der Waals surface area contributed by atoms with Crippen LogP contribution in [0.1, 0.15) is 55.2 Å². The SMILES string of the molecule is c1cc(CCCCOCC2CO2)c(CCCCOCC2CO2)c(CCCCOCC2CO2)c1. The Kier molecular flexibility index (Phi) is 10.9. The van der Waals surface area contributed by atoms with Crippen LogP contribution in [0.3, 0.4) is 0 Å². The maximum Gasteiger partial charge on any atom is 0.104 e. The lowest BCUT2D eigenvalue weighted by Crippen LogP contribution is -2.06. The average molecular weight is 463 g/mol. The van der Waals surface area contributed by atoms with Crippen molar-refractivity contribution in [2.24, 2.45) is 0 Å². The van der Waals surface area contributed by atoms with E-state index in [2.05, 4.69) is 18.2 Å². The summed E-state index contributed by atoms with van der Waals surface area (Å²) in [6.07, 6.45) is 11.3. The highest BCUT2D eigenvalue weighted by molar-refractivity contribution is 5.36. The summed E-state index contributed by atoms with van der Waals surface area (Å²) >= 11 is 0. The van der Waals surface area contributed by atoms with E-state index in [0.29, 0.717) is 18.3 Å². The van der Waals surface area contributed by atoms with E-state index in [1.165, 1.54) is 30.4 Å². The Morgan fingerprint density at radius 2 is 0.970 bits per heavy atom. The number of benzene rings is 1. The summed E-state index contributed by atoms with van der Waals surface area (Å²) in [5.41, 5.74) is 4.61. The molecule has 0 radical (unpaired) electrons. The normalized spacial score (nSPS) is 23.1. The third-order valence-electron chi connectivity index (χ3n) is 6.42. The van der Waals surface area contributed by atoms with Gasteiger partial charge in [0.15, 0.2) is 0 Å². The second kappa shape index (κ2) is 14.4. The van der Waals surface area contributed by atoms with Crippen molar-refractivity contribution in [3.8, 4) is 0 Å². The minimum Gasteiger partial charge on any atom is -0.379 e. The molecule has 3 aliphatic rings. The quantitative estimate of drug-likeness (QED) is 0.204. The molecule has 0 saturated carbocycles. The summed E-state index contributed by atoms with van der Waals surface area (Å²) in [7, 11) is 0. The Hall–Kier alpha value is -1.02. The minimum atomic E-state index is 0.360. The number of unbranched alkanes of at least 4 members (excludes halogenated alkanes) is 3. The van der Waals surface area contributed by atoms with Crippen molar-refractivity contribution in [2.75, 3.05) is 59.5 Å². The highest BCUT2D eigenvalue weighted by Gasteiger charge is 2.23. The van der Waals surface area contributed by atoms with Crippen LogP contribution in [0.25, 0.3) is 0 Å². The maximum absolute atomic E-state index is 5.73. The number of epoxide rings is 3. The molecule has 3 saturated heterocycles. The van der Waals surface area contributed by atoms with E-state index < -0.39 is 0 Å². The fraction of sp³-hybridized carbons (Fsp3) is 0.778. The molecular weight excluding hydrogens is 420 g/mol. The molecule has 0 aromatic heterocycles. The van der Waals surface area contributed by atoms with E-state index >= 15 is 0 Å². The molecule has 1 aromatic carbocycles. The first-order chi connectivity index (χ1) is 16.4. The summed E-state index contributed by atoms with van der Waals surface area (Å²) in [5.74, 6) is 0. The Balaban J connectivity index is 1.18. The number of hydrogen-bond donors (Lipinski definition) is 0. The molecule has 6 nitrogen and oxygen atoms in total. The van der Waals surface area contributed by atoms with Gasteiger partial charge in [-0.15, -0.1) is 0 Å². The summed E-state index contributed by atoms with van der Waals surface area (Å²) in [6.45, 7) is 7.39. The van der Waals surface area contributed by atoms with Crippen molar-refractivity contribution < 1.29 is 28.4 Å². The number of rotatable bonds is 21. The standard InChI is InChI=1S/C27H42O6/c1(4-13-28-16-24-19-31-24)8-22-10-7-11-23(9-2-5-14-29-17-25-20-32-25)27(22)12-3-6-15-30-18-26-21-33-26/h7,10-11,24-26H,1-6,8-9,12-21H2. The van der Waals surface area contributed by atoms with E-state index in [4.69, 9.17) is 28.4 Å². The Morgan fingerprint density at radius 1 is 0.576 bits per heavy atom. The van der Waals surface area contributed by atoms with Gasteiger partial charge in [0.2, 0.25) is 0 Å². The predicted octanol–water partition coefficient (Wildman–Crippen LogP) is 3.90. The minimum absolute atomic E-state index is 0.360. The molecule has 186 valence electrons. The molecule has 0 aliphatic carbocycles. The van der Waals surface area contributed by atoms with Crippen molar-refractivity contribution in [3.63, 3.8) is 0 Å². The molecule has 0 bridgehead atoms. The fourth-order valence-electron chi connectivity index (χ4n) is 4.16. The highest BCUT2D eigenvalue weighted by Crippen LogP contribution is 2.22. The molecule has 0 spiro atoms. The lowest BCUT2D eigenvalue weighted by molar-refractivity contribution is 0.113. The van der Waals surface area contributed by atoms with Crippen LogP contribution in [0.2, 0.25) is 0 Å². The Morgan fingerprint density at radius 3 is 1.36 bits per heavy atom. The van der Waals surface area contributed by atoms with Crippen molar-refractivity contribution >= 4 is 0 Å². The van der Waals surface area contributed by atoms with Crippen molar-refractivity contribution in [3.05, 3.63) is 34.9 Å². The Bertz CT molecular complexity index is 626. The van der Waals surface area contributed by atoms with Crippen LogP contribution in [-0.4, -0.2) is 77.8 Å². The van der Waals surface area contributed by atoms with E-state index in [0.717, 1.165) is 98.0 Å². The van der Waals surface area contributed by atoms with Gasteiger partial charge in [0.05, 0.1) is 39.6 Å². The second-order valence-electron chi connectivity index (χ2n) is 9.52.